The fourth-order valence-electron chi connectivity index (χ4n) is 1.60. The van der Waals surface area contributed by atoms with E-state index in [0.717, 1.165) is 22.3 Å². The van der Waals surface area contributed by atoms with Crippen molar-refractivity contribution >= 4 is 27.6 Å². The molecule has 0 bridgehead atoms. The van der Waals surface area contributed by atoms with E-state index in [0.29, 0.717) is 5.75 Å². The molecule has 0 fully saturated rings. The Hall–Kier alpha value is -2.48. The molecule has 0 aliphatic carbocycles. The summed E-state index contributed by atoms with van der Waals surface area (Å²) in [6.45, 7) is 1.86. The Morgan fingerprint density at radius 3 is 2.71 bits per heavy atom. The third kappa shape index (κ3) is 3.34. The average molecular weight is 353 g/mol. The predicted octanol–water partition coefficient (Wildman–Crippen LogP) is 3.55. The van der Waals surface area contributed by atoms with Crippen LogP contribution in [0.1, 0.15) is 15.9 Å². The predicted molar refractivity (Wildman–Crippen MR) is 76.8 cm³/mol. The van der Waals surface area contributed by atoms with E-state index in [9.17, 15) is 14.9 Å². The van der Waals surface area contributed by atoms with Crippen LogP contribution < -0.4 is 4.74 Å². The Morgan fingerprint density at radius 1 is 1.43 bits per heavy atom. The van der Waals surface area contributed by atoms with E-state index < -0.39 is 22.1 Å². The fourth-order valence-corrected chi connectivity index (χ4v) is 1.85. The highest BCUT2D eigenvalue weighted by Gasteiger charge is 2.21. The normalized spacial score (nSPS) is 10.2. The van der Waals surface area contributed by atoms with Crippen LogP contribution >= 0.6 is 15.9 Å². The number of aromatic carboxylic acids is 1. The molecule has 1 N–H and O–H groups in total. The van der Waals surface area contributed by atoms with E-state index in [2.05, 4.69) is 20.9 Å². The number of rotatable bonds is 4. The first-order valence-corrected chi connectivity index (χ1v) is 6.49. The molecule has 108 valence electrons. The molecule has 1 heterocycles. The zero-order chi connectivity index (χ0) is 15.6. The molecule has 0 spiro atoms. The van der Waals surface area contributed by atoms with Crippen LogP contribution in [0.15, 0.2) is 34.9 Å². The van der Waals surface area contributed by atoms with Crippen LogP contribution in [0.5, 0.6) is 11.6 Å². The van der Waals surface area contributed by atoms with E-state index in [4.69, 9.17) is 9.84 Å². The van der Waals surface area contributed by atoms with Gasteiger partial charge in [0.15, 0.2) is 0 Å². The molecule has 0 amide bonds. The number of benzene rings is 1. The fraction of sp³-hybridized carbons (Fsp3) is 0.0769. The minimum absolute atomic E-state index is 0.0280. The number of carboxylic acids is 1. The molecule has 0 unspecified atom stereocenters. The van der Waals surface area contributed by atoms with E-state index in [1.165, 1.54) is 0 Å². The summed E-state index contributed by atoms with van der Waals surface area (Å²) in [6, 6.07) is 6.19. The largest absolute Gasteiger partial charge is 0.477 e. The molecule has 8 heteroatoms. The number of pyridine rings is 1. The highest BCUT2D eigenvalue weighted by atomic mass is 79.9. The van der Waals surface area contributed by atoms with Crippen molar-refractivity contribution in [2.45, 2.75) is 6.92 Å². The van der Waals surface area contributed by atoms with Gasteiger partial charge in [-0.2, -0.15) is 0 Å². The number of hydrogen-bond acceptors (Lipinski definition) is 5. The van der Waals surface area contributed by atoms with Crippen LogP contribution in [-0.2, 0) is 0 Å². The lowest BCUT2D eigenvalue weighted by atomic mass is 10.2. The number of halogens is 1. The summed E-state index contributed by atoms with van der Waals surface area (Å²) in [5.74, 6) is -0.992. The molecule has 2 aromatic rings. The third-order valence-electron chi connectivity index (χ3n) is 2.64. The topological polar surface area (TPSA) is 103 Å². The number of nitro groups is 1. The highest BCUT2D eigenvalue weighted by Crippen LogP contribution is 2.27. The monoisotopic (exact) mass is 352 g/mol. The van der Waals surface area contributed by atoms with Gasteiger partial charge in [0.1, 0.15) is 17.5 Å². The molecular formula is C13H9BrN2O5. The summed E-state index contributed by atoms with van der Waals surface area (Å²) in [7, 11) is 0. The zero-order valence-electron chi connectivity index (χ0n) is 10.7. The maximum atomic E-state index is 11.0. The van der Waals surface area contributed by atoms with Gasteiger partial charge in [0, 0.05) is 10.5 Å². The minimum Gasteiger partial charge on any atom is -0.477 e. The number of carboxylic acid groups (broad SMARTS) is 1. The van der Waals surface area contributed by atoms with E-state index >= 15 is 0 Å². The molecular weight excluding hydrogens is 344 g/mol. The van der Waals surface area contributed by atoms with E-state index in [1.54, 1.807) is 18.2 Å². The lowest BCUT2D eigenvalue weighted by Crippen LogP contribution is -2.04. The van der Waals surface area contributed by atoms with Gasteiger partial charge in [-0.05, 0) is 30.7 Å². The van der Waals surface area contributed by atoms with Crippen LogP contribution in [-0.4, -0.2) is 21.0 Å². The average Bonchev–Trinajstić information content (AvgIpc) is 2.42. The molecule has 0 aliphatic heterocycles. The van der Waals surface area contributed by atoms with Crippen LogP contribution in [0.25, 0.3) is 0 Å². The second-order valence-corrected chi connectivity index (χ2v) is 4.97. The van der Waals surface area contributed by atoms with Gasteiger partial charge in [0.05, 0.1) is 4.92 Å². The van der Waals surface area contributed by atoms with Crippen LogP contribution in [0.2, 0.25) is 0 Å². The van der Waals surface area contributed by atoms with Crippen molar-refractivity contribution in [1.29, 1.82) is 0 Å². The Labute approximate surface area is 127 Å². The Bertz CT molecular complexity index is 732. The van der Waals surface area contributed by atoms with Gasteiger partial charge < -0.3 is 9.84 Å². The highest BCUT2D eigenvalue weighted by molar-refractivity contribution is 9.10. The van der Waals surface area contributed by atoms with E-state index in [-0.39, 0.29) is 5.88 Å². The Kier molecular flexibility index (Phi) is 4.18. The van der Waals surface area contributed by atoms with Crippen LogP contribution in [0.4, 0.5) is 5.69 Å². The minimum atomic E-state index is -1.42. The summed E-state index contributed by atoms with van der Waals surface area (Å²) >= 11 is 3.35. The molecule has 21 heavy (non-hydrogen) atoms. The molecule has 2 rings (SSSR count). The van der Waals surface area contributed by atoms with Gasteiger partial charge >= 0.3 is 11.7 Å². The van der Waals surface area contributed by atoms with Gasteiger partial charge in [-0.15, -0.1) is 0 Å². The van der Waals surface area contributed by atoms with Crippen LogP contribution in [0, 0.1) is 17.0 Å². The number of carbonyl (C=O) groups is 1. The molecule has 1 aromatic carbocycles. The number of nitrogens with zero attached hydrogens (tertiary/aromatic N) is 2. The van der Waals surface area contributed by atoms with Crippen molar-refractivity contribution in [3.8, 4) is 11.6 Å². The second kappa shape index (κ2) is 5.88. The second-order valence-electron chi connectivity index (χ2n) is 4.12. The molecule has 0 saturated heterocycles. The number of aryl methyl sites for hydroxylation is 1. The van der Waals surface area contributed by atoms with Gasteiger partial charge in [-0.1, -0.05) is 15.9 Å². The summed E-state index contributed by atoms with van der Waals surface area (Å²) in [5, 5.41) is 19.7. The number of ether oxygens (including phenoxy) is 1. The smallest absolute Gasteiger partial charge is 0.342 e. The van der Waals surface area contributed by atoms with Crippen molar-refractivity contribution in [1.82, 2.24) is 4.98 Å². The summed E-state index contributed by atoms with van der Waals surface area (Å²) in [4.78, 5) is 24.7. The van der Waals surface area contributed by atoms with Gasteiger partial charge in [0.2, 0.25) is 5.88 Å². The van der Waals surface area contributed by atoms with Gasteiger partial charge in [-0.3, -0.25) is 10.1 Å². The van der Waals surface area contributed by atoms with Crippen molar-refractivity contribution < 1.29 is 19.6 Å². The maximum absolute atomic E-state index is 11.0. The zero-order valence-corrected chi connectivity index (χ0v) is 12.3. The lowest BCUT2D eigenvalue weighted by molar-refractivity contribution is -0.385. The number of hydrogen-bond donors (Lipinski definition) is 1. The standard InChI is InChI=1S/C13H9BrN2O5/c1-7-4-8(2-3-10(7)14)21-12-5-9(13(17)18)11(6-15-12)16(19)20/h2-6H,1H3,(H,17,18). The Morgan fingerprint density at radius 2 is 2.14 bits per heavy atom. The molecule has 0 saturated carbocycles. The molecule has 0 aliphatic rings. The Balaban J connectivity index is 2.36. The summed E-state index contributed by atoms with van der Waals surface area (Å²) in [6.07, 6.45) is 0.866. The summed E-state index contributed by atoms with van der Waals surface area (Å²) in [5.41, 5.74) is -0.131. The quantitative estimate of drug-likeness (QED) is 0.666. The lowest BCUT2D eigenvalue weighted by Gasteiger charge is -2.07. The first-order chi connectivity index (χ1) is 9.88. The maximum Gasteiger partial charge on any atom is 0.342 e. The van der Waals surface area contributed by atoms with E-state index in [1.807, 2.05) is 6.92 Å². The molecule has 7 nitrogen and oxygen atoms in total. The van der Waals surface area contributed by atoms with Crippen molar-refractivity contribution in [2.24, 2.45) is 0 Å². The first kappa shape index (κ1) is 14.9. The van der Waals surface area contributed by atoms with Crippen molar-refractivity contribution in [3.05, 3.63) is 56.2 Å². The van der Waals surface area contributed by atoms with Crippen molar-refractivity contribution in [3.63, 3.8) is 0 Å². The number of aromatic nitrogens is 1. The summed E-state index contributed by atoms with van der Waals surface area (Å²) < 4.78 is 6.32. The van der Waals surface area contributed by atoms with Crippen LogP contribution in [0.3, 0.4) is 0 Å². The van der Waals surface area contributed by atoms with Crippen molar-refractivity contribution in [2.75, 3.05) is 0 Å². The SMILES string of the molecule is Cc1cc(Oc2cc(C(=O)O)c([N+](=O)[O-])cn2)ccc1Br. The van der Waals surface area contributed by atoms with Gasteiger partial charge in [-0.25, -0.2) is 9.78 Å². The third-order valence-corrected chi connectivity index (χ3v) is 3.53. The molecule has 1 aromatic heterocycles. The first-order valence-electron chi connectivity index (χ1n) is 5.70. The molecule has 0 radical (unpaired) electrons. The molecule has 0 atom stereocenters. The van der Waals surface area contributed by atoms with Gasteiger partial charge in [0.25, 0.3) is 0 Å².